The van der Waals surface area contributed by atoms with E-state index in [2.05, 4.69) is 10.4 Å². The Balaban J connectivity index is 2.26. The zero-order chi connectivity index (χ0) is 12.7. The van der Waals surface area contributed by atoms with Gasteiger partial charge in [0.2, 0.25) is 0 Å². The van der Waals surface area contributed by atoms with E-state index in [0.717, 1.165) is 23.5 Å². The fourth-order valence-electron chi connectivity index (χ4n) is 1.42. The van der Waals surface area contributed by atoms with Gasteiger partial charge >= 0.3 is 0 Å². The molecule has 1 heterocycles. The molecule has 1 aromatic rings. The summed E-state index contributed by atoms with van der Waals surface area (Å²) in [5.74, 6) is 0. The summed E-state index contributed by atoms with van der Waals surface area (Å²) < 4.78 is 10.3. The number of nitrogens with zero attached hydrogens (tertiary/aromatic N) is 1. The van der Waals surface area contributed by atoms with Gasteiger partial charge in [-0.05, 0) is 13.8 Å². The fourth-order valence-corrected chi connectivity index (χ4v) is 2.19. The van der Waals surface area contributed by atoms with Crippen molar-refractivity contribution in [3.05, 3.63) is 16.1 Å². The van der Waals surface area contributed by atoms with Gasteiger partial charge in [0, 0.05) is 30.9 Å². The van der Waals surface area contributed by atoms with E-state index in [1.165, 1.54) is 0 Å². The fraction of sp³-hybridized carbons (Fsp3) is 0.750. The van der Waals surface area contributed by atoms with E-state index >= 15 is 0 Å². The first-order valence-electron chi connectivity index (χ1n) is 5.80. The second-order valence-corrected chi connectivity index (χ2v) is 5.70. The van der Waals surface area contributed by atoms with Crippen LogP contribution in [0.3, 0.4) is 0 Å². The molecule has 0 bridgehead atoms. The Morgan fingerprint density at radius 2 is 2.12 bits per heavy atom. The van der Waals surface area contributed by atoms with Gasteiger partial charge in [-0.15, -0.1) is 11.3 Å². The van der Waals surface area contributed by atoms with Crippen LogP contribution in [0.1, 0.15) is 24.5 Å². The number of rotatable bonds is 8. The second kappa shape index (κ2) is 7.06. The van der Waals surface area contributed by atoms with Crippen LogP contribution >= 0.6 is 11.3 Å². The molecule has 0 aliphatic rings. The number of ether oxygens (including phenoxy) is 2. The van der Waals surface area contributed by atoms with Gasteiger partial charge in [0.15, 0.2) is 0 Å². The second-order valence-electron chi connectivity index (χ2n) is 4.75. The summed E-state index contributed by atoms with van der Waals surface area (Å²) in [5.41, 5.74) is 6.84. The van der Waals surface area contributed by atoms with Crippen LogP contribution in [0.2, 0.25) is 0 Å². The standard InChI is InChI=1S/C12H22N2O2S/c1-12(2,13)8-10-9-17-11(14-10)4-5-16-7-6-15-3/h9H,4-8,13H2,1-3H3. The zero-order valence-electron chi connectivity index (χ0n) is 10.9. The summed E-state index contributed by atoms with van der Waals surface area (Å²) in [6.07, 6.45) is 1.67. The predicted molar refractivity (Wildman–Crippen MR) is 70.5 cm³/mol. The van der Waals surface area contributed by atoms with Crippen molar-refractivity contribution in [3.8, 4) is 0 Å². The molecule has 1 rings (SSSR count). The first-order valence-corrected chi connectivity index (χ1v) is 6.68. The number of nitrogens with two attached hydrogens (primary N) is 1. The van der Waals surface area contributed by atoms with E-state index in [1.807, 2.05) is 13.8 Å². The third-order valence-corrected chi connectivity index (χ3v) is 3.09. The van der Waals surface area contributed by atoms with E-state index in [-0.39, 0.29) is 5.54 Å². The van der Waals surface area contributed by atoms with Crippen LogP contribution in [-0.2, 0) is 22.3 Å². The molecule has 0 fully saturated rings. The largest absolute Gasteiger partial charge is 0.382 e. The van der Waals surface area contributed by atoms with Gasteiger partial charge in [-0.1, -0.05) is 0 Å². The van der Waals surface area contributed by atoms with E-state index < -0.39 is 0 Å². The predicted octanol–water partition coefficient (Wildman–Crippen LogP) is 1.63. The van der Waals surface area contributed by atoms with Crippen molar-refractivity contribution in [2.24, 2.45) is 5.73 Å². The lowest BCUT2D eigenvalue weighted by atomic mass is 10.0. The van der Waals surface area contributed by atoms with Crippen LogP contribution in [0.15, 0.2) is 5.38 Å². The highest BCUT2D eigenvalue weighted by molar-refractivity contribution is 7.09. The Hall–Kier alpha value is -0.490. The van der Waals surface area contributed by atoms with Crippen molar-refractivity contribution >= 4 is 11.3 Å². The lowest BCUT2D eigenvalue weighted by molar-refractivity contribution is 0.0722. The summed E-state index contributed by atoms with van der Waals surface area (Å²) in [5, 5.41) is 3.20. The van der Waals surface area contributed by atoms with E-state index in [4.69, 9.17) is 15.2 Å². The summed E-state index contributed by atoms with van der Waals surface area (Å²) in [4.78, 5) is 4.54. The molecular weight excluding hydrogens is 236 g/mol. The highest BCUT2D eigenvalue weighted by Gasteiger charge is 2.13. The SMILES string of the molecule is COCCOCCc1nc(CC(C)(C)N)cs1. The van der Waals surface area contributed by atoms with Crippen molar-refractivity contribution in [1.29, 1.82) is 0 Å². The summed E-state index contributed by atoms with van der Waals surface area (Å²) in [7, 11) is 1.67. The molecule has 0 aliphatic heterocycles. The lowest BCUT2D eigenvalue weighted by Gasteiger charge is -2.16. The Kier molecular flexibility index (Phi) is 6.05. The van der Waals surface area contributed by atoms with Gasteiger partial charge in [-0.2, -0.15) is 0 Å². The normalized spacial score (nSPS) is 12.0. The van der Waals surface area contributed by atoms with Crippen LogP contribution < -0.4 is 5.73 Å². The smallest absolute Gasteiger partial charge is 0.0951 e. The summed E-state index contributed by atoms with van der Waals surface area (Å²) >= 11 is 1.68. The highest BCUT2D eigenvalue weighted by atomic mass is 32.1. The molecule has 2 N–H and O–H groups in total. The number of hydrogen-bond donors (Lipinski definition) is 1. The average Bonchev–Trinajstić information content (AvgIpc) is 2.63. The molecule has 0 saturated heterocycles. The summed E-state index contributed by atoms with van der Waals surface area (Å²) in [6, 6.07) is 0. The molecule has 5 heteroatoms. The third-order valence-electron chi connectivity index (χ3n) is 2.13. The number of hydrogen-bond acceptors (Lipinski definition) is 5. The maximum atomic E-state index is 5.96. The van der Waals surface area contributed by atoms with Crippen molar-refractivity contribution in [3.63, 3.8) is 0 Å². The number of thiazole rings is 1. The molecule has 0 amide bonds. The molecule has 0 radical (unpaired) electrons. The van der Waals surface area contributed by atoms with Gasteiger partial charge in [0.05, 0.1) is 30.5 Å². The minimum Gasteiger partial charge on any atom is -0.382 e. The molecule has 0 saturated carbocycles. The lowest BCUT2D eigenvalue weighted by Crippen LogP contribution is -2.34. The van der Waals surface area contributed by atoms with E-state index in [9.17, 15) is 0 Å². The summed E-state index contributed by atoms with van der Waals surface area (Å²) in [6.45, 7) is 6.01. The minimum absolute atomic E-state index is 0.194. The maximum absolute atomic E-state index is 5.96. The van der Waals surface area contributed by atoms with Crippen LogP contribution in [0.25, 0.3) is 0 Å². The third kappa shape index (κ3) is 6.73. The van der Waals surface area contributed by atoms with Crippen LogP contribution in [0, 0.1) is 0 Å². The molecule has 0 unspecified atom stereocenters. The first kappa shape index (κ1) is 14.6. The Morgan fingerprint density at radius 3 is 2.76 bits per heavy atom. The first-order chi connectivity index (χ1) is 8.01. The Labute approximate surface area is 107 Å². The molecular formula is C12H22N2O2S. The minimum atomic E-state index is -0.194. The molecule has 4 nitrogen and oxygen atoms in total. The highest BCUT2D eigenvalue weighted by Crippen LogP contribution is 2.15. The molecule has 17 heavy (non-hydrogen) atoms. The molecule has 1 aromatic heterocycles. The monoisotopic (exact) mass is 258 g/mol. The van der Waals surface area contributed by atoms with Gasteiger partial charge in [-0.3, -0.25) is 0 Å². The molecule has 0 aromatic carbocycles. The Morgan fingerprint density at radius 1 is 1.35 bits per heavy atom. The van der Waals surface area contributed by atoms with Gasteiger partial charge in [0.1, 0.15) is 0 Å². The van der Waals surface area contributed by atoms with Crippen molar-refractivity contribution in [2.75, 3.05) is 26.9 Å². The van der Waals surface area contributed by atoms with Crippen LogP contribution in [0.5, 0.6) is 0 Å². The van der Waals surface area contributed by atoms with Crippen LogP contribution in [-0.4, -0.2) is 37.5 Å². The van der Waals surface area contributed by atoms with Gasteiger partial charge in [-0.25, -0.2) is 4.98 Å². The van der Waals surface area contributed by atoms with Crippen molar-refractivity contribution < 1.29 is 9.47 Å². The van der Waals surface area contributed by atoms with Gasteiger partial charge < -0.3 is 15.2 Å². The van der Waals surface area contributed by atoms with Gasteiger partial charge in [0.25, 0.3) is 0 Å². The van der Waals surface area contributed by atoms with E-state index in [1.54, 1.807) is 18.4 Å². The topological polar surface area (TPSA) is 57.4 Å². The molecule has 0 aliphatic carbocycles. The number of methoxy groups -OCH3 is 1. The quantitative estimate of drug-likeness (QED) is 0.720. The molecule has 0 spiro atoms. The van der Waals surface area contributed by atoms with Crippen molar-refractivity contribution in [2.45, 2.75) is 32.2 Å². The van der Waals surface area contributed by atoms with E-state index in [0.29, 0.717) is 19.8 Å². The molecule has 0 atom stereocenters. The number of aromatic nitrogens is 1. The van der Waals surface area contributed by atoms with Crippen LogP contribution in [0.4, 0.5) is 0 Å². The Bertz CT molecular complexity index is 321. The average molecular weight is 258 g/mol. The molecule has 98 valence electrons. The zero-order valence-corrected chi connectivity index (χ0v) is 11.7. The maximum Gasteiger partial charge on any atom is 0.0951 e. The van der Waals surface area contributed by atoms with Crippen molar-refractivity contribution in [1.82, 2.24) is 4.98 Å².